The number of aromatic nitrogens is 1. The van der Waals surface area contributed by atoms with Crippen LogP contribution in [0.2, 0.25) is 0 Å². The van der Waals surface area contributed by atoms with E-state index in [4.69, 9.17) is 0 Å². The Hall–Kier alpha value is -0.410. The van der Waals surface area contributed by atoms with Crippen LogP contribution in [0.1, 0.15) is 50.2 Å². The second-order valence-electron chi connectivity index (χ2n) is 4.48. The first-order chi connectivity index (χ1) is 7.72. The van der Waals surface area contributed by atoms with Crippen LogP contribution in [0.3, 0.4) is 0 Å². The average molecular weight is 240 g/mol. The lowest BCUT2D eigenvalue weighted by atomic mass is 10.1. The number of unbranched alkanes of at least 4 members (excludes halogenated alkanes) is 2. The molecule has 3 heteroatoms. The van der Waals surface area contributed by atoms with Crippen molar-refractivity contribution in [3.8, 4) is 0 Å². The lowest BCUT2D eigenvalue weighted by molar-refractivity contribution is 0.490. The number of thiazole rings is 1. The summed E-state index contributed by atoms with van der Waals surface area (Å²) in [5, 5.41) is 6.95. The number of rotatable bonds is 8. The third-order valence-corrected chi connectivity index (χ3v) is 3.77. The van der Waals surface area contributed by atoms with Gasteiger partial charge in [-0.1, -0.05) is 26.2 Å². The summed E-state index contributed by atoms with van der Waals surface area (Å²) in [6, 6.07) is 0.646. The molecule has 1 atom stereocenters. The molecule has 0 aliphatic rings. The lowest BCUT2D eigenvalue weighted by Crippen LogP contribution is -2.27. The highest BCUT2D eigenvalue weighted by Gasteiger charge is 2.02. The fraction of sp³-hybridized carbons (Fsp3) is 0.769. The summed E-state index contributed by atoms with van der Waals surface area (Å²) in [7, 11) is 0. The maximum absolute atomic E-state index is 4.46. The van der Waals surface area contributed by atoms with E-state index >= 15 is 0 Å². The van der Waals surface area contributed by atoms with Gasteiger partial charge < -0.3 is 5.32 Å². The molecule has 1 unspecified atom stereocenters. The van der Waals surface area contributed by atoms with Crippen molar-refractivity contribution in [1.82, 2.24) is 10.3 Å². The molecule has 1 aromatic rings. The molecule has 92 valence electrons. The van der Waals surface area contributed by atoms with E-state index in [2.05, 4.69) is 36.5 Å². The van der Waals surface area contributed by atoms with Crippen molar-refractivity contribution in [3.63, 3.8) is 0 Å². The number of aryl methyl sites for hydroxylation is 1. The normalized spacial score (nSPS) is 12.9. The first-order valence-corrected chi connectivity index (χ1v) is 7.24. The summed E-state index contributed by atoms with van der Waals surface area (Å²) in [6.07, 6.45) is 6.38. The first kappa shape index (κ1) is 13.7. The van der Waals surface area contributed by atoms with Crippen molar-refractivity contribution < 1.29 is 0 Å². The maximum atomic E-state index is 4.46. The van der Waals surface area contributed by atoms with Crippen LogP contribution in [-0.4, -0.2) is 17.6 Å². The van der Waals surface area contributed by atoms with Crippen molar-refractivity contribution in [1.29, 1.82) is 0 Å². The van der Waals surface area contributed by atoms with Gasteiger partial charge in [0.2, 0.25) is 0 Å². The minimum absolute atomic E-state index is 0.646. The van der Waals surface area contributed by atoms with Gasteiger partial charge in [0, 0.05) is 30.1 Å². The number of nitrogens with zero attached hydrogens (tertiary/aromatic N) is 1. The van der Waals surface area contributed by atoms with Crippen molar-refractivity contribution in [2.24, 2.45) is 0 Å². The fourth-order valence-electron chi connectivity index (χ4n) is 1.75. The smallest absolute Gasteiger partial charge is 0.0940 e. The predicted molar refractivity (Wildman–Crippen MR) is 72.2 cm³/mol. The Morgan fingerprint density at radius 2 is 2.25 bits per heavy atom. The van der Waals surface area contributed by atoms with Crippen molar-refractivity contribution in [3.05, 3.63) is 16.1 Å². The van der Waals surface area contributed by atoms with E-state index in [1.165, 1.54) is 30.7 Å². The molecular weight excluding hydrogens is 216 g/mol. The van der Waals surface area contributed by atoms with Crippen LogP contribution in [0.4, 0.5) is 0 Å². The SMILES string of the molecule is CCCCCC(C)NCCc1nc(C)cs1. The zero-order valence-electron chi connectivity index (χ0n) is 10.8. The summed E-state index contributed by atoms with van der Waals surface area (Å²) in [5.41, 5.74) is 1.15. The van der Waals surface area contributed by atoms with Gasteiger partial charge in [0.25, 0.3) is 0 Å². The van der Waals surface area contributed by atoms with Gasteiger partial charge in [-0.05, 0) is 20.3 Å². The van der Waals surface area contributed by atoms with Gasteiger partial charge in [0.05, 0.1) is 5.01 Å². The minimum atomic E-state index is 0.646. The Labute approximate surface area is 103 Å². The first-order valence-electron chi connectivity index (χ1n) is 6.36. The highest BCUT2D eigenvalue weighted by molar-refractivity contribution is 7.09. The van der Waals surface area contributed by atoms with Gasteiger partial charge in [-0.3, -0.25) is 0 Å². The second kappa shape index (κ2) is 7.80. The third kappa shape index (κ3) is 5.61. The van der Waals surface area contributed by atoms with Gasteiger partial charge >= 0.3 is 0 Å². The Bertz CT molecular complexity index is 283. The highest BCUT2D eigenvalue weighted by Crippen LogP contribution is 2.09. The molecule has 1 N–H and O–H groups in total. The van der Waals surface area contributed by atoms with Gasteiger partial charge in [0.15, 0.2) is 0 Å². The quantitative estimate of drug-likeness (QED) is 0.703. The van der Waals surface area contributed by atoms with Crippen LogP contribution in [0.5, 0.6) is 0 Å². The fourth-order valence-corrected chi connectivity index (χ4v) is 2.52. The molecule has 16 heavy (non-hydrogen) atoms. The van der Waals surface area contributed by atoms with Crippen LogP contribution in [0.15, 0.2) is 5.38 Å². The van der Waals surface area contributed by atoms with Crippen molar-refractivity contribution in [2.45, 2.75) is 58.9 Å². The van der Waals surface area contributed by atoms with E-state index in [-0.39, 0.29) is 0 Å². The monoisotopic (exact) mass is 240 g/mol. The molecule has 0 radical (unpaired) electrons. The highest BCUT2D eigenvalue weighted by atomic mass is 32.1. The van der Waals surface area contributed by atoms with Crippen molar-refractivity contribution >= 4 is 11.3 Å². The van der Waals surface area contributed by atoms with Crippen LogP contribution >= 0.6 is 11.3 Å². The summed E-state index contributed by atoms with van der Waals surface area (Å²) < 4.78 is 0. The molecule has 0 saturated carbocycles. The molecule has 0 saturated heterocycles. The Morgan fingerprint density at radius 1 is 1.44 bits per heavy atom. The number of hydrogen-bond acceptors (Lipinski definition) is 3. The molecule has 1 heterocycles. The van der Waals surface area contributed by atoms with E-state index in [1.807, 2.05) is 0 Å². The Morgan fingerprint density at radius 3 is 2.88 bits per heavy atom. The van der Waals surface area contributed by atoms with Crippen LogP contribution in [-0.2, 0) is 6.42 Å². The van der Waals surface area contributed by atoms with Crippen LogP contribution < -0.4 is 5.32 Å². The molecule has 2 nitrogen and oxygen atoms in total. The molecule has 0 fully saturated rings. The van der Waals surface area contributed by atoms with E-state index in [0.717, 1.165) is 18.7 Å². The van der Waals surface area contributed by atoms with E-state index in [0.29, 0.717) is 6.04 Å². The molecule has 0 aliphatic heterocycles. The number of hydrogen-bond donors (Lipinski definition) is 1. The van der Waals surface area contributed by atoms with Gasteiger partial charge in [-0.15, -0.1) is 11.3 Å². The van der Waals surface area contributed by atoms with Crippen LogP contribution in [0.25, 0.3) is 0 Å². The zero-order chi connectivity index (χ0) is 11.8. The molecule has 1 aromatic heterocycles. The number of nitrogens with one attached hydrogen (secondary N) is 1. The van der Waals surface area contributed by atoms with Crippen molar-refractivity contribution in [2.75, 3.05) is 6.54 Å². The minimum Gasteiger partial charge on any atom is -0.314 e. The average Bonchev–Trinajstić information content (AvgIpc) is 2.65. The lowest BCUT2D eigenvalue weighted by Gasteiger charge is -2.12. The van der Waals surface area contributed by atoms with Gasteiger partial charge in [0.1, 0.15) is 0 Å². The predicted octanol–water partition coefficient (Wildman–Crippen LogP) is 3.55. The molecular formula is C13H24N2S. The van der Waals surface area contributed by atoms with E-state index in [1.54, 1.807) is 11.3 Å². The standard InChI is InChI=1S/C13H24N2S/c1-4-5-6-7-11(2)14-9-8-13-15-12(3)10-16-13/h10-11,14H,4-9H2,1-3H3. The zero-order valence-corrected chi connectivity index (χ0v) is 11.6. The largest absolute Gasteiger partial charge is 0.314 e. The summed E-state index contributed by atoms with van der Waals surface area (Å²) in [6.45, 7) is 7.65. The maximum Gasteiger partial charge on any atom is 0.0940 e. The molecule has 1 rings (SSSR count). The third-order valence-electron chi connectivity index (χ3n) is 2.74. The topological polar surface area (TPSA) is 24.9 Å². The molecule has 0 amide bonds. The molecule has 0 aliphatic carbocycles. The summed E-state index contributed by atoms with van der Waals surface area (Å²) in [5.74, 6) is 0. The van der Waals surface area contributed by atoms with Gasteiger partial charge in [-0.2, -0.15) is 0 Å². The molecule has 0 bridgehead atoms. The van der Waals surface area contributed by atoms with E-state index < -0.39 is 0 Å². The van der Waals surface area contributed by atoms with E-state index in [9.17, 15) is 0 Å². The Kier molecular flexibility index (Phi) is 6.65. The molecule has 0 spiro atoms. The van der Waals surface area contributed by atoms with Gasteiger partial charge in [-0.25, -0.2) is 4.98 Å². The Balaban J connectivity index is 2.06. The van der Waals surface area contributed by atoms with Crippen LogP contribution in [0, 0.1) is 6.92 Å². The molecule has 0 aromatic carbocycles. The summed E-state index contributed by atoms with van der Waals surface area (Å²) >= 11 is 1.77. The summed E-state index contributed by atoms with van der Waals surface area (Å²) in [4.78, 5) is 4.46. The second-order valence-corrected chi connectivity index (χ2v) is 5.43.